The quantitative estimate of drug-likeness (QED) is 0.473. The zero-order valence-corrected chi connectivity index (χ0v) is 18.0. The number of nitrogens with zero attached hydrogens (tertiary/aromatic N) is 8. The predicted octanol–water partition coefficient (Wildman–Crippen LogP) is 2.30. The molecule has 9 nitrogen and oxygen atoms in total. The van der Waals surface area contributed by atoms with Crippen LogP contribution < -0.4 is 15.4 Å². The SMILES string of the molecule is Cn1c(N2CC3C[C@H]2CN3c2nnc(Cl)c3ccccc23)nc(-c2ccncn2)cc1=O. The van der Waals surface area contributed by atoms with Crippen molar-refractivity contribution in [1.82, 2.24) is 29.7 Å². The lowest BCUT2D eigenvalue weighted by Gasteiger charge is -2.36. The minimum absolute atomic E-state index is 0.113. The van der Waals surface area contributed by atoms with E-state index >= 15 is 0 Å². The number of hydrogen-bond donors (Lipinski definition) is 0. The minimum Gasteiger partial charge on any atom is -0.348 e. The Balaban J connectivity index is 1.34. The summed E-state index contributed by atoms with van der Waals surface area (Å²) in [5, 5.41) is 10.9. The lowest BCUT2D eigenvalue weighted by atomic mass is 10.1. The van der Waals surface area contributed by atoms with Crippen LogP contribution in [0.2, 0.25) is 5.15 Å². The highest BCUT2D eigenvalue weighted by atomic mass is 35.5. The summed E-state index contributed by atoms with van der Waals surface area (Å²) in [6, 6.07) is 11.7. The van der Waals surface area contributed by atoms with Crippen LogP contribution in [0.1, 0.15) is 6.42 Å². The highest BCUT2D eigenvalue weighted by molar-refractivity contribution is 6.34. The van der Waals surface area contributed by atoms with E-state index in [-0.39, 0.29) is 17.6 Å². The molecule has 0 amide bonds. The van der Waals surface area contributed by atoms with Crippen molar-refractivity contribution in [2.24, 2.45) is 7.05 Å². The molecule has 2 bridgehead atoms. The molecule has 3 aromatic heterocycles. The highest BCUT2D eigenvalue weighted by Gasteiger charge is 2.45. The van der Waals surface area contributed by atoms with E-state index in [0.29, 0.717) is 22.5 Å². The van der Waals surface area contributed by atoms with Crippen molar-refractivity contribution in [3.63, 3.8) is 0 Å². The second kappa shape index (κ2) is 7.23. The zero-order chi connectivity index (χ0) is 21.8. The fourth-order valence-electron chi connectivity index (χ4n) is 4.80. The second-order valence-electron chi connectivity index (χ2n) is 8.14. The van der Waals surface area contributed by atoms with E-state index in [1.54, 1.807) is 23.9 Å². The topological polar surface area (TPSA) is 92.9 Å². The third kappa shape index (κ3) is 2.92. The summed E-state index contributed by atoms with van der Waals surface area (Å²) >= 11 is 6.27. The summed E-state index contributed by atoms with van der Waals surface area (Å²) in [5.41, 5.74) is 1.07. The van der Waals surface area contributed by atoms with Crippen LogP contribution >= 0.6 is 11.6 Å². The van der Waals surface area contributed by atoms with Crippen molar-refractivity contribution in [2.75, 3.05) is 22.9 Å². The first-order valence-electron chi connectivity index (χ1n) is 10.4. The Morgan fingerprint density at radius 3 is 2.53 bits per heavy atom. The standard InChI is InChI=1S/C22H19ClN8O/c1-29-19(32)9-18(17-6-7-24-12-25-17)26-22(29)31-11-13-8-14(31)10-30(13)21-16-5-3-2-4-15(16)20(23)27-28-21/h2-7,9,12-14H,8,10-11H2,1H3/t13?,14-/m0/s1. The predicted molar refractivity (Wildman–Crippen MR) is 122 cm³/mol. The van der Waals surface area contributed by atoms with Gasteiger partial charge in [0.25, 0.3) is 5.56 Å². The van der Waals surface area contributed by atoms with Crippen LogP contribution in [-0.2, 0) is 7.05 Å². The smallest absolute Gasteiger partial charge is 0.255 e. The zero-order valence-electron chi connectivity index (χ0n) is 17.3. The van der Waals surface area contributed by atoms with E-state index in [1.807, 2.05) is 24.3 Å². The summed E-state index contributed by atoms with van der Waals surface area (Å²) in [6.45, 7) is 1.52. The van der Waals surface area contributed by atoms with Gasteiger partial charge in [0.05, 0.1) is 23.5 Å². The Kier molecular flexibility index (Phi) is 4.32. The first-order chi connectivity index (χ1) is 15.6. The van der Waals surface area contributed by atoms with Gasteiger partial charge in [0.15, 0.2) is 11.0 Å². The molecule has 6 rings (SSSR count). The van der Waals surface area contributed by atoms with Crippen LogP contribution in [-0.4, -0.2) is 54.9 Å². The van der Waals surface area contributed by atoms with Gasteiger partial charge in [-0.25, -0.2) is 15.0 Å². The summed E-state index contributed by atoms with van der Waals surface area (Å²) in [7, 11) is 1.76. The Morgan fingerprint density at radius 2 is 1.78 bits per heavy atom. The molecule has 0 aliphatic carbocycles. The molecule has 2 aliphatic heterocycles. The van der Waals surface area contributed by atoms with E-state index in [1.165, 1.54) is 12.4 Å². The number of aromatic nitrogens is 6. The number of rotatable bonds is 3. The van der Waals surface area contributed by atoms with Crippen LogP contribution in [0.25, 0.3) is 22.2 Å². The lowest BCUT2D eigenvalue weighted by molar-refractivity contribution is 0.610. The number of hydrogen-bond acceptors (Lipinski definition) is 8. The summed E-state index contributed by atoms with van der Waals surface area (Å²) < 4.78 is 1.60. The molecule has 2 aliphatic rings. The monoisotopic (exact) mass is 446 g/mol. The van der Waals surface area contributed by atoms with Crippen molar-refractivity contribution < 1.29 is 0 Å². The Labute approximate surface area is 188 Å². The fraction of sp³-hybridized carbons (Fsp3) is 0.273. The fourth-order valence-corrected chi connectivity index (χ4v) is 5.00. The molecule has 0 saturated carbocycles. The average molecular weight is 447 g/mol. The van der Waals surface area contributed by atoms with Gasteiger partial charge in [0.1, 0.15) is 6.33 Å². The molecule has 160 valence electrons. The van der Waals surface area contributed by atoms with Gasteiger partial charge >= 0.3 is 0 Å². The molecule has 5 heterocycles. The number of benzene rings is 1. The largest absolute Gasteiger partial charge is 0.348 e. The average Bonchev–Trinajstić information content (AvgIpc) is 3.43. The molecule has 32 heavy (non-hydrogen) atoms. The van der Waals surface area contributed by atoms with Gasteiger partial charge in [-0.05, 0) is 12.5 Å². The van der Waals surface area contributed by atoms with Gasteiger partial charge in [0.2, 0.25) is 5.95 Å². The van der Waals surface area contributed by atoms with E-state index in [9.17, 15) is 4.79 Å². The van der Waals surface area contributed by atoms with E-state index in [2.05, 4.69) is 30.0 Å². The first-order valence-corrected chi connectivity index (χ1v) is 10.8. The minimum atomic E-state index is -0.113. The van der Waals surface area contributed by atoms with E-state index in [4.69, 9.17) is 16.6 Å². The van der Waals surface area contributed by atoms with Crippen molar-refractivity contribution in [2.45, 2.75) is 18.5 Å². The molecule has 2 fully saturated rings. The number of fused-ring (bicyclic) bond motifs is 3. The molecular formula is C22H19ClN8O. The maximum atomic E-state index is 12.7. The van der Waals surface area contributed by atoms with E-state index in [0.717, 1.165) is 36.1 Å². The van der Waals surface area contributed by atoms with Gasteiger partial charge in [0, 0.05) is 43.2 Å². The molecule has 0 spiro atoms. The summed E-state index contributed by atoms with van der Waals surface area (Å²) in [4.78, 5) is 30.2. The molecule has 1 unspecified atom stereocenters. The maximum absolute atomic E-state index is 12.7. The van der Waals surface area contributed by atoms with Crippen molar-refractivity contribution in [1.29, 1.82) is 0 Å². The Morgan fingerprint density at radius 1 is 1.00 bits per heavy atom. The van der Waals surface area contributed by atoms with Crippen LogP contribution in [0.5, 0.6) is 0 Å². The van der Waals surface area contributed by atoms with Gasteiger partial charge in [-0.3, -0.25) is 9.36 Å². The van der Waals surface area contributed by atoms with Crippen LogP contribution in [0.3, 0.4) is 0 Å². The second-order valence-corrected chi connectivity index (χ2v) is 8.50. The lowest BCUT2D eigenvalue weighted by Crippen LogP contribution is -2.48. The van der Waals surface area contributed by atoms with Gasteiger partial charge < -0.3 is 9.80 Å². The van der Waals surface area contributed by atoms with Crippen LogP contribution in [0.4, 0.5) is 11.8 Å². The number of halogens is 1. The van der Waals surface area contributed by atoms with Crippen LogP contribution in [0.15, 0.2) is 53.7 Å². The van der Waals surface area contributed by atoms with Gasteiger partial charge in [-0.2, -0.15) is 0 Å². The highest BCUT2D eigenvalue weighted by Crippen LogP contribution is 2.39. The van der Waals surface area contributed by atoms with E-state index < -0.39 is 0 Å². The molecule has 2 saturated heterocycles. The molecule has 4 aromatic rings. The first kappa shape index (κ1) is 19.1. The molecule has 2 atom stereocenters. The molecule has 0 radical (unpaired) electrons. The molecular weight excluding hydrogens is 428 g/mol. The third-order valence-electron chi connectivity index (χ3n) is 6.35. The molecule has 10 heteroatoms. The Hall–Kier alpha value is -3.59. The van der Waals surface area contributed by atoms with Crippen LogP contribution in [0, 0.1) is 0 Å². The molecule has 1 aromatic carbocycles. The number of piperazine rings is 1. The summed E-state index contributed by atoms with van der Waals surface area (Å²) in [6.07, 6.45) is 4.07. The number of anilines is 2. The normalized spacial score (nSPS) is 19.8. The van der Waals surface area contributed by atoms with Crippen molar-refractivity contribution in [3.8, 4) is 11.4 Å². The van der Waals surface area contributed by atoms with Crippen molar-refractivity contribution >= 4 is 34.1 Å². The van der Waals surface area contributed by atoms with Gasteiger partial charge in [-0.1, -0.05) is 35.9 Å². The summed E-state index contributed by atoms with van der Waals surface area (Å²) in [5.74, 6) is 1.51. The molecule has 0 N–H and O–H groups in total. The Bertz CT molecular complexity index is 1390. The third-order valence-corrected chi connectivity index (χ3v) is 6.63. The van der Waals surface area contributed by atoms with Crippen molar-refractivity contribution in [3.05, 3.63) is 64.4 Å². The maximum Gasteiger partial charge on any atom is 0.255 e. The van der Waals surface area contributed by atoms with Gasteiger partial charge in [-0.15, -0.1) is 10.2 Å².